The molecule has 2 N–H and O–H groups in total. The molecule has 2 aromatic heterocycles. The van der Waals surface area contributed by atoms with Crippen LogP contribution in [0.1, 0.15) is 28.8 Å². The minimum atomic E-state index is -0.537. The maximum atomic E-state index is 12.5. The molecule has 2 rings (SSSR count). The Labute approximate surface area is 149 Å². The molecule has 11 heteroatoms. The molecule has 0 radical (unpaired) electrons. The Balaban J connectivity index is 2.16. The van der Waals surface area contributed by atoms with Crippen LogP contribution in [0.15, 0.2) is 6.20 Å². The maximum absolute atomic E-state index is 12.5. The Morgan fingerprint density at radius 1 is 1.35 bits per heavy atom. The number of hydrogen-bond acceptors (Lipinski definition) is 6. The predicted molar refractivity (Wildman–Crippen MR) is 92.7 cm³/mol. The van der Waals surface area contributed by atoms with Crippen LogP contribution in [0, 0.1) is 29.9 Å². The summed E-state index contributed by atoms with van der Waals surface area (Å²) in [6.45, 7) is 4.99. The summed E-state index contributed by atoms with van der Waals surface area (Å²) < 4.78 is 2.87. The van der Waals surface area contributed by atoms with E-state index in [9.17, 15) is 19.7 Å². The van der Waals surface area contributed by atoms with Gasteiger partial charge in [0.2, 0.25) is 5.91 Å². The van der Waals surface area contributed by atoms with Gasteiger partial charge in [0.15, 0.2) is 5.69 Å². The lowest BCUT2D eigenvalue weighted by Gasteiger charge is -2.13. The van der Waals surface area contributed by atoms with Gasteiger partial charge in [-0.3, -0.25) is 29.1 Å². The van der Waals surface area contributed by atoms with E-state index in [2.05, 4.69) is 20.8 Å². The third kappa shape index (κ3) is 3.71. The summed E-state index contributed by atoms with van der Waals surface area (Å²) in [5.41, 5.74) is 1.04. The van der Waals surface area contributed by atoms with Crippen LogP contribution in [-0.2, 0) is 18.4 Å². The molecule has 0 bridgehead atoms. The molecule has 0 aliphatic rings. The van der Waals surface area contributed by atoms with Gasteiger partial charge in [-0.25, -0.2) is 0 Å². The highest BCUT2D eigenvalue weighted by Crippen LogP contribution is 2.23. The smallest absolute Gasteiger partial charge is 0.312 e. The quantitative estimate of drug-likeness (QED) is 0.574. The van der Waals surface area contributed by atoms with Gasteiger partial charge in [-0.05, 0) is 13.8 Å². The van der Waals surface area contributed by atoms with Crippen molar-refractivity contribution in [2.24, 2.45) is 13.0 Å². The van der Waals surface area contributed by atoms with E-state index in [-0.39, 0.29) is 23.8 Å². The number of carbonyl (C=O) groups excluding carboxylic acids is 2. The first-order valence-electron chi connectivity index (χ1n) is 7.90. The predicted octanol–water partition coefficient (Wildman–Crippen LogP) is 0.776. The van der Waals surface area contributed by atoms with Gasteiger partial charge in [-0.15, -0.1) is 0 Å². The number of hydrogen-bond donors (Lipinski definition) is 2. The van der Waals surface area contributed by atoms with Crippen LogP contribution in [0.3, 0.4) is 0 Å². The molecular formula is C15H21N7O4. The van der Waals surface area contributed by atoms with Crippen LogP contribution >= 0.6 is 0 Å². The molecule has 1 atom stereocenters. The second-order valence-corrected chi connectivity index (χ2v) is 5.99. The van der Waals surface area contributed by atoms with Crippen LogP contribution < -0.4 is 10.6 Å². The molecular weight excluding hydrogens is 342 g/mol. The number of nitrogens with one attached hydrogen (secondary N) is 2. The van der Waals surface area contributed by atoms with Crippen molar-refractivity contribution >= 4 is 23.2 Å². The molecule has 2 amide bonds. The normalized spacial score (nSPS) is 11.9. The zero-order valence-corrected chi connectivity index (χ0v) is 15.2. The van der Waals surface area contributed by atoms with Crippen molar-refractivity contribution in [1.29, 1.82) is 0 Å². The largest absolute Gasteiger partial charge is 0.354 e. The van der Waals surface area contributed by atoms with Gasteiger partial charge in [0.1, 0.15) is 11.4 Å². The lowest BCUT2D eigenvalue weighted by molar-refractivity contribution is -0.386. The average molecular weight is 363 g/mol. The van der Waals surface area contributed by atoms with Gasteiger partial charge in [0.25, 0.3) is 5.91 Å². The minimum absolute atomic E-state index is 0.0493. The molecule has 0 aliphatic heterocycles. The van der Waals surface area contributed by atoms with Crippen LogP contribution in [0.4, 0.5) is 11.4 Å². The minimum Gasteiger partial charge on any atom is -0.354 e. The second-order valence-electron chi connectivity index (χ2n) is 5.99. The SMILES string of the molecule is CNC(=O)c1nn(C)cc1NC(=O)C(C)Cn1nc(C)c([N+](=O)[O-])c1C. The molecule has 0 saturated carbocycles. The first-order valence-corrected chi connectivity index (χ1v) is 7.90. The summed E-state index contributed by atoms with van der Waals surface area (Å²) >= 11 is 0. The van der Waals surface area contributed by atoms with Crippen molar-refractivity contribution in [3.63, 3.8) is 0 Å². The number of nitro groups is 1. The van der Waals surface area contributed by atoms with Crippen LogP contribution in [0.25, 0.3) is 0 Å². The Bertz CT molecular complexity index is 868. The monoisotopic (exact) mass is 363 g/mol. The van der Waals surface area contributed by atoms with Crippen molar-refractivity contribution < 1.29 is 14.5 Å². The van der Waals surface area contributed by atoms with Gasteiger partial charge in [-0.1, -0.05) is 6.92 Å². The molecule has 26 heavy (non-hydrogen) atoms. The fourth-order valence-electron chi connectivity index (χ4n) is 2.59. The fraction of sp³-hybridized carbons (Fsp3) is 0.467. The molecule has 1 unspecified atom stereocenters. The number of nitrogens with zero attached hydrogens (tertiary/aromatic N) is 5. The zero-order valence-electron chi connectivity index (χ0n) is 15.2. The first-order chi connectivity index (χ1) is 12.1. The van der Waals surface area contributed by atoms with E-state index in [0.29, 0.717) is 17.1 Å². The third-order valence-corrected chi connectivity index (χ3v) is 3.95. The molecule has 0 aliphatic carbocycles. The molecule has 0 spiro atoms. The van der Waals surface area contributed by atoms with E-state index in [1.807, 2.05) is 0 Å². The van der Waals surface area contributed by atoms with Crippen LogP contribution in [-0.4, -0.2) is 43.3 Å². The van der Waals surface area contributed by atoms with E-state index in [0.717, 1.165) is 0 Å². The molecule has 0 fully saturated rings. The van der Waals surface area contributed by atoms with E-state index in [1.165, 1.54) is 22.6 Å². The van der Waals surface area contributed by atoms with E-state index in [4.69, 9.17) is 0 Å². The summed E-state index contributed by atoms with van der Waals surface area (Å²) in [6.07, 6.45) is 1.53. The Morgan fingerprint density at radius 2 is 2.00 bits per heavy atom. The lowest BCUT2D eigenvalue weighted by atomic mass is 10.1. The van der Waals surface area contributed by atoms with E-state index >= 15 is 0 Å². The summed E-state index contributed by atoms with van der Waals surface area (Å²) in [5, 5.41) is 24.4. The number of carbonyl (C=O) groups is 2. The highest BCUT2D eigenvalue weighted by Gasteiger charge is 2.25. The number of aryl methyl sites for hydroxylation is 2. The summed E-state index contributed by atoms with van der Waals surface area (Å²) in [5.74, 6) is -1.30. The molecule has 0 aromatic carbocycles. The van der Waals surface area contributed by atoms with Crippen LogP contribution in [0.2, 0.25) is 0 Å². The lowest BCUT2D eigenvalue weighted by Crippen LogP contribution is -2.27. The number of rotatable bonds is 6. The van der Waals surface area contributed by atoms with Gasteiger partial charge in [-0.2, -0.15) is 10.2 Å². The van der Waals surface area contributed by atoms with Crippen molar-refractivity contribution in [3.8, 4) is 0 Å². The Hall–Kier alpha value is -3.24. The molecule has 11 nitrogen and oxygen atoms in total. The second kappa shape index (κ2) is 7.33. The molecule has 140 valence electrons. The van der Waals surface area contributed by atoms with E-state index in [1.54, 1.807) is 27.8 Å². The molecule has 2 aromatic rings. The van der Waals surface area contributed by atoms with Gasteiger partial charge in [0, 0.05) is 20.3 Å². The summed E-state index contributed by atoms with van der Waals surface area (Å²) in [4.78, 5) is 34.9. The maximum Gasteiger partial charge on any atom is 0.312 e. The summed E-state index contributed by atoms with van der Waals surface area (Å²) in [7, 11) is 3.11. The van der Waals surface area contributed by atoms with Crippen LogP contribution in [0.5, 0.6) is 0 Å². The van der Waals surface area contributed by atoms with Gasteiger partial charge in [0.05, 0.1) is 23.1 Å². The van der Waals surface area contributed by atoms with Gasteiger partial charge >= 0.3 is 5.69 Å². The van der Waals surface area contributed by atoms with Crippen molar-refractivity contribution in [1.82, 2.24) is 24.9 Å². The third-order valence-electron chi connectivity index (χ3n) is 3.95. The number of anilines is 1. The standard InChI is InChI=1S/C15H21N7O4/c1-8(6-21-10(3)13(22(25)26)9(2)18-21)14(23)17-11-7-20(5)19-12(11)15(24)16-4/h7-8H,6H2,1-5H3,(H,16,24)(H,17,23). The zero-order chi connectivity index (χ0) is 19.6. The molecule has 0 saturated heterocycles. The van der Waals surface area contributed by atoms with Gasteiger partial charge < -0.3 is 10.6 Å². The topological polar surface area (TPSA) is 137 Å². The van der Waals surface area contributed by atoms with Crippen molar-refractivity contribution in [2.45, 2.75) is 27.3 Å². The van der Waals surface area contributed by atoms with Crippen molar-refractivity contribution in [2.75, 3.05) is 12.4 Å². The number of amides is 2. The molecule has 2 heterocycles. The first kappa shape index (κ1) is 19.1. The summed E-state index contributed by atoms with van der Waals surface area (Å²) in [6, 6.07) is 0. The highest BCUT2D eigenvalue weighted by atomic mass is 16.6. The fourth-order valence-corrected chi connectivity index (χ4v) is 2.59. The average Bonchev–Trinajstić information content (AvgIpc) is 3.06. The van der Waals surface area contributed by atoms with E-state index < -0.39 is 16.7 Å². The number of aromatic nitrogens is 4. The Kier molecular flexibility index (Phi) is 5.38. The highest BCUT2D eigenvalue weighted by molar-refractivity contribution is 6.02. The Morgan fingerprint density at radius 3 is 2.54 bits per heavy atom. The van der Waals surface area contributed by atoms with Crippen molar-refractivity contribution in [3.05, 3.63) is 33.4 Å².